The van der Waals surface area contributed by atoms with Gasteiger partial charge in [0.05, 0.1) is 6.26 Å². The van der Waals surface area contributed by atoms with Crippen LogP contribution in [0, 0.1) is 13.8 Å². The summed E-state index contributed by atoms with van der Waals surface area (Å²) in [5.74, 6) is 2.34. The lowest BCUT2D eigenvalue weighted by molar-refractivity contribution is 0.578. The van der Waals surface area contributed by atoms with E-state index in [0.717, 1.165) is 52.8 Å². The molecule has 0 bridgehead atoms. The molecule has 0 fully saturated rings. The Labute approximate surface area is 133 Å². The van der Waals surface area contributed by atoms with Crippen molar-refractivity contribution in [1.82, 2.24) is 24.6 Å². The summed E-state index contributed by atoms with van der Waals surface area (Å²) in [4.78, 5) is 12.3. The molecule has 116 valence electrons. The van der Waals surface area contributed by atoms with Crippen LogP contribution in [0.15, 0.2) is 41.1 Å². The molecule has 0 saturated carbocycles. The molecule has 6 nitrogen and oxygen atoms in total. The summed E-state index contributed by atoms with van der Waals surface area (Å²) >= 11 is 0. The van der Waals surface area contributed by atoms with Crippen molar-refractivity contribution in [2.75, 3.05) is 0 Å². The normalized spacial score (nSPS) is 11.4. The van der Waals surface area contributed by atoms with Gasteiger partial charge in [0, 0.05) is 24.0 Å². The molecule has 0 radical (unpaired) electrons. The van der Waals surface area contributed by atoms with E-state index in [1.807, 2.05) is 29.8 Å². The van der Waals surface area contributed by atoms with Crippen molar-refractivity contribution in [3.05, 3.63) is 59.5 Å². The molecule has 4 heterocycles. The summed E-state index contributed by atoms with van der Waals surface area (Å²) < 4.78 is 7.25. The van der Waals surface area contributed by atoms with E-state index in [-0.39, 0.29) is 0 Å². The second-order valence-corrected chi connectivity index (χ2v) is 5.66. The summed E-state index contributed by atoms with van der Waals surface area (Å²) in [5.41, 5.74) is 4.20. The molecule has 0 aliphatic heterocycles. The van der Waals surface area contributed by atoms with Gasteiger partial charge < -0.3 is 9.40 Å². The van der Waals surface area contributed by atoms with Gasteiger partial charge in [0.25, 0.3) is 0 Å². The standard InChI is InChI=1S/C17H17N5O/c1-11-5-6-12(2)22-17(11)20-15(21-22)8-7-13-10-18-16(19-13)14-4-3-9-23-14/h3-6,9-10H,7-8H2,1-2H3,(H,18,19). The minimum atomic E-state index is 0.744. The number of aromatic nitrogens is 5. The Balaban J connectivity index is 1.53. The van der Waals surface area contributed by atoms with Gasteiger partial charge in [-0.25, -0.2) is 14.5 Å². The lowest BCUT2D eigenvalue weighted by Crippen LogP contribution is -1.96. The first-order chi connectivity index (χ1) is 11.2. The Kier molecular flexibility index (Phi) is 3.22. The molecule has 0 amide bonds. The predicted molar refractivity (Wildman–Crippen MR) is 86.2 cm³/mol. The van der Waals surface area contributed by atoms with Gasteiger partial charge in [0.1, 0.15) is 0 Å². The van der Waals surface area contributed by atoms with Gasteiger partial charge in [-0.3, -0.25) is 0 Å². The number of nitrogens with one attached hydrogen (secondary N) is 1. The summed E-state index contributed by atoms with van der Waals surface area (Å²) in [5, 5.41) is 4.60. The van der Waals surface area contributed by atoms with Crippen LogP contribution in [-0.4, -0.2) is 24.6 Å². The minimum absolute atomic E-state index is 0.744. The topological polar surface area (TPSA) is 72.0 Å². The first-order valence-corrected chi connectivity index (χ1v) is 7.60. The maximum atomic E-state index is 5.34. The van der Waals surface area contributed by atoms with E-state index >= 15 is 0 Å². The van der Waals surface area contributed by atoms with Crippen molar-refractivity contribution < 1.29 is 4.42 Å². The molecule has 1 N–H and O–H groups in total. The maximum Gasteiger partial charge on any atom is 0.173 e. The molecule has 0 unspecified atom stereocenters. The molecule has 0 aliphatic carbocycles. The number of fused-ring (bicyclic) bond motifs is 1. The Morgan fingerprint density at radius 3 is 2.87 bits per heavy atom. The summed E-state index contributed by atoms with van der Waals surface area (Å²) in [6, 6.07) is 7.87. The molecule has 0 aliphatic rings. The number of aryl methyl sites for hydroxylation is 4. The third-order valence-corrected chi connectivity index (χ3v) is 3.91. The van der Waals surface area contributed by atoms with Crippen molar-refractivity contribution in [1.29, 1.82) is 0 Å². The van der Waals surface area contributed by atoms with E-state index in [2.05, 4.69) is 39.1 Å². The largest absolute Gasteiger partial charge is 0.461 e. The number of hydrogen-bond acceptors (Lipinski definition) is 4. The fraction of sp³-hybridized carbons (Fsp3) is 0.235. The maximum absolute atomic E-state index is 5.34. The predicted octanol–water partition coefficient (Wildman–Crippen LogP) is 3.11. The molecule has 4 aromatic rings. The van der Waals surface area contributed by atoms with Gasteiger partial charge in [-0.1, -0.05) is 6.07 Å². The smallest absolute Gasteiger partial charge is 0.173 e. The highest BCUT2D eigenvalue weighted by Crippen LogP contribution is 2.17. The number of rotatable bonds is 4. The average Bonchev–Trinajstić information content (AvgIpc) is 3.28. The number of H-pyrrole nitrogens is 1. The average molecular weight is 307 g/mol. The van der Waals surface area contributed by atoms with Gasteiger partial charge >= 0.3 is 0 Å². The van der Waals surface area contributed by atoms with Crippen LogP contribution in [0.25, 0.3) is 17.2 Å². The Hall–Kier alpha value is -2.89. The van der Waals surface area contributed by atoms with Gasteiger partial charge in [-0.05, 0) is 44.0 Å². The molecule has 4 rings (SSSR count). The van der Waals surface area contributed by atoms with E-state index in [1.54, 1.807) is 6.26 Å². The van der Waals surface area contributed by atoms with Gasteiger partial charge in [0.2, 0.25) is 0 Å². The van der Waals surface area contributed by atoms with Crippen LogP contribution in [0.1, 0.15) is 22.8 Å². The van der Waals surface area contributed by atoms with Crippen LogP contribution in [0.3, 0.4) is 0 Å². The monoisotopic (exact) mass is 307 g/mol. The lowest BCUT2D eigenvalue weighted by atomic mass is 10.2. The zero-order valence-electron chi connectivity index (χ0n) is 13.1. The third-order valence-electron chi connectivity index (χ3n) is 3.91. The van der Waals surface area contributed by atoms with Crippen LogP contribution in [-0.2, 0) is 12.8 Å². The fourth-order valence-electron chi connectivity index (χ4n) is 2.62. The van der Waals surface area contributed by atoms with Crippen molar-refractivity contribution in [2.45, 2.75) is 26.7 Å². The SMILES string of the molecule is Cc1ccc(C)n2nc(CCc3cnc(-c4ccco4)[nH]3)nc12. The highest BCUT2D eigenvalue weighted by Gasteiger charge is 2.10. The van der Waals surface area contributed by atoms with E-state index in [4.69, 9.17) is 4.42 Å². The number of nitrogens with zero attached hydrogens (tertiary/aromatic N) is 4. The Morgan fingerprint density at radius 2 is 2.09 bits per heavy atom. The third kappa shape index (κ3) is 2.52. The molecule has 4 aromatic heterocycles. The molecular weight excluding hydrogens is 290 g/mol. The minimum Gasteiger partial charge on any atom is -0.461 e. The summed E-state index contributed by atoms with van der Waals surface area (Å²) in [6.07, 6.45) is 5.05. The Bertz CT molecular complexity index is 910. The van der Waals surface area contributed by atoms with Crippen LogP contribution in [0.4, 0.5) is 0 Å². The number of imidazole rings is 1. The highest BCUT2D eigenvalue weighted by molar-refractivity contribution is 5.48. The quantitative estimate of drug-likeness (QED) is 0.629. The number of pyridine rings is 1. The summed E-state index contributed by atoms with van der Waals surface area (Å²) in [7, 11) is 0. The second-order valence-electron chi connectivity index (χ2n) is 5.66. The number of aromatic amines is 1. The Morgan fingerprint density at radius 1 is 1.17 bits per heavy atom. The fourth-order valence-corrected chi connectivity index (χ4v) is 2.62. The van der Waals surface area contributed by atoms with Crippen molar-refractivity contribution in [3.63, 3.8) is 0 Å². The van der Waals surface area contributed by atoms with Crippen LogP contribution in [0.2, 0.25) is 0 Å². The highest BCUT2D eigenvalue weighted by atomic mass is 16.3. The molecule has 0 aromatic carbocycles. The van der Waals surface area contributed by atoms with Crippen LogP contribution < -0.4 is 0 Å². The zero-order valence-corrected chi connectivity index (χ0v) is 13.1. The summed E-state index contributed by atoms with van der Waals surface area (Å²) in [6.45, 7) is 4.09. The van der Waals surface area contributed by atoms with E-state index < -0.39 is 0 Å². The molecule has 0 atom stereocenters. The van der Waals surface area contributed by atoms with Crippen molar-refractivity contribution in [2.24, 2.45) is 0 Å². The number of hydrogen-bond donors (Lipinski definition) is 1. The van der Waals surface area contributed by atoms with E-state index in [9.17, 15) is 0 Å². The van der Waals surface area contributed by atoms with Crippen LogP contribution in [0.5, 0.6) is 0 Å². The van der Waals surface area contributed by atoms with E-state index in [1.165, 1.54) is 0 Å². The zero-order chi connectivity index (χ0) is 15.8. The first kappa shape index (κ1) is 13.8. The number of furan rings is 1. The molecule has 6 heteroatoms. The second kappa shape index (κ2) is 5.39. The van der Waals surface area contributed by atoms with Crippen molar-refractivity contribution in [3.8, 4) is 11.6 Å². The molecule has 0 saturated heterocycles. The first-order valence-electron chi connectivity index (χ1n) is 7.60. The van der Waals surface area contributed by atoms with Crippen molar-refractivity contribution >= 4 is 5.65 Å². The van der Waals surface area contributed by atoms with Gasteiger partial charge in [-0.2, -0.15) is 5.10 Å². The lowest BCUT2D eigenvalue weighted by Gasteiger charge is -1.98. The van der Waals surface area contributed by atoms with Gasteiger partial charge in [-0.15, -0.1) is 0 Å². The van der Waals surface area contributed by atoms with E-state index in [0.29, 0.717) is 0 Å². The van der Waals surface area contributed by atoms with Gasteiger partial charge in [0.15, 0.2) is 23.1 Å². The molecule has 0 spiro atoms. The molecular formula is C17H17N5O. The van der Waals surface area contributed by atoms with Crippen LogP contribution >= 0.6 is 0 Å². The molecule has 23 heavy (non-hydrogen) atoms.